The molecule has 3 N–H and O–H groups in total. The molecule has 0 rings (SSSR count). The highest BCUT2D eigenvalue weighted by atomic mass is 19.4. The minimum atomic E-state index is -5.08. The van der Waals surface area contributed by atoms with Crippen LogP contribution in [-0.2, 0) is 14.4 Å². The number of alkyl halides is 3. The Hall–Kier alpha value is -1.80. The van der Waals surface area contributed by atoms with Crippen molar-refractivity contribution in [2.24, 2.45) is 0 Å². The average Bonchev–Trinajstić information content (AvgIpc) is 2.26. The Morgan fingerprint density at radius 2 is 0.950 bits per heavy atom. The van der Waals surface area contributed by atoms with Gasteiger partial charge in [0.2, 0.25) is 0 Å². The van der Waals surface area contributed by atoms with Crippen molar-refractivity contribution in [1.29, 1.82) is 0 Å². The van der Waals surface area contributed by atoms with Gasteiger partial charge in [-0.2, -0.15) is 13.2 Å². The molecule has 9 heteroatoms. The Balaban J connectivity index is 0. The van der Waals surface area contributed by atoms with E-state index in [1.54, 1.807) is 0 Å². The van der Waals surface area contributed by atoms with Gasteiger partial charge in [0.05, 0.1) is 0 Å². The highest BCUT2D eigenvalue weighted by Gasteiger charge is 2.38. The Morgan fingerprint density at radius 1 is 0.700 bits per heavy atom. The molecule has 20 heavy (non-hydrogen) atoms. The molecule has 0 atom stereocenters. The number of unbranched alkanes of at least 4 members (excludes halogenated alkanes) is 4. The monoisotopic (exact) mass is 302 g/mol. The number of carboxylic acid groups (broad SMARTS) is 3. The van der Waals surface area contributed by atoms with Crippen LogP contribution in [0, 0.1) is 0 Å². The highest BCUT2D eigenvalue weighted by molar-refractivity contribution is 5.73. The summed E-state index contributed by atoms with van der Waals surface area (Å²) in [7, 11) is 0. The molecule has 0 aromatic heterocycles. The molecule has 0 fully saturated rings. The first-order valence-electron chi connectivity index (χ1n) is 5.81. The SMILES string of the molecule is O=C(O)C(F)(F)F.O=C(O)CCCCCCCC(=O)O. The average molecular weight is 302 g/mol. The number of hydrogen-bond donors (Lipinski definition) is 3. The van der Waals surface area contributed by atoms with E-state index in [4.69, 9.17) is 20.1 Å². The van der Waals surface area contributed by atoms with E-state index in [-0.39, 0.29) is 12.8 Å². The molecule has 0 aliphatic rings. The molecular formula is C11H17F3O6. The zero-order valence-corrected chi connectivity index (χ0v) is 10.7. The smallest absolute Gasteiger partial charge is 0.481 e. The third kappa shape index (κ3) is 18.6. The first-order valence-corrected chi connectivity index (χ1v) is 5.81. The molecule has 0 bridgehead atoms. The number of halogens is 3. The standard InChI is InChI=1S/C9H16O4.C2HF3O2/c10-8(11)6-4-2-1-3-5-7-9(12)13;3-2(4,5)1(6)7/h1-7H2,(H,10,11)(H,12,13);(H,6,7). The lowest BCUT2D eigenvalue weighted by molar-refractivity contribution is -0.192. The summed E-state index contributed by atoms with van der Waals surface area (Å²) < 4.78 is 31.7. The minimum absolute atomic E-state index is 0.221. The van der Waals surface area contributed by atoms with Gasteiger partial charge in [-0.05, 0) is 12.8 Å². The van der Waals surface area contributed by atoms with Crippen molar-refractivity contribution in [2.45, 2.75) is 51.1 Å². The molecule has 0 aromatic carbocycles. The molecule has 6 nitrogen and oxygen atoms in total. The summed E-state index contributed by atoms with van der Waals surface area (Å²) in [6.45, 7) is 0. The topological polar surface area (TPSA) is 112 Å². The van der Waals surface area contributed by atoms with Crippen molar-refractivity contribution in [3.05, 3.63) is 0 Å². The normalized spacial score (nSPS) is 10.3. The van der Waals surface area contributed by atoms with Crippen LogP contribution in [0.4, 0.5) is 13.2 Å². The summed E-state index contributed by atoms with van der Waals surface area (Å²) >= 11 is 0. The molecule has 0 unspecified atom stereocenters. The predicted molar refractivity (Wildman–Crippen MR) is 61.3 cm³/mol. The van der Waals surface area contributed by atoms with Crippen molar-refractivity contribution in [2.75, 3.05) is 0 Å². The van der Waals surface area contributed by atoms with E-state index >= 15 is 0 Å². The molecule has 0 aliphatic carbocycles. The molecule has 0 radical (unpaired) electrons. The second-order valence-electron chi connectivity index (χ2n) is 3.86. The highest BCUT2D eigenvalue weighted by Crippen LogP contribution is 2.13. The van der Waals surface area contributed by atoms with Crippen LogP contribution in [0.3, 0.4) is 0 Å². The van der Waals surface area contributed by atoms with E-state index in [1.807, 2.05) is 0 Å². The summed E-state index contributed by atoms with van der Waals surface area (Å²) in [5.41, 5.74) is 0. The molecule has 0 saturated carbocycles. The number of carbonyl (C=O) groups is 3. The third-order valence-corrected chi connectivity index (χ3v) is 2.02. The van der Waals surface area contributed by atoms with E-state index in [0.717, 1.165) is 19.3 Å². The summed E-state index contributed by atoms with van der Waals surface area (Å²) in [4.78, 5) is 29.1. The van der Waals surface area contributed by atoms with E-state index in [0.29, 0.717) is 12.8 Å². The Kier molecular flexibility index (Phi) is 11.3. The van der Waals surface area contributed by atoms with E-state index in [9.17, 15) is 22.8 Å². The van der Waals surface area contributed by atoms with Crippen LogP contribution in [-0.4, -0.2) is 39.4 Å². The fourth-order valence-corrected chi connectivity index (χ4v) is 1.08. The van der Waals surface area contributed by atoms with Gasteiger partial charge in [0.15, 0.2) is 0 Å². The quantitative estimate of drug-likeness (QED) is 0.594. The number of aliphatic carboxylic acids is 3. The van der Waals surface area contributed by atoms with Crippen molar-refractivity contribution < 1.29 is 42.9 Å². The van der Waals surface area contributed by atoms with E-state index in [2.05, 4.69) is 0 Å². The summed E-state index contributed by atoms with van der Waals surface area (Å²) in [6.07, 6.45) is -0.554. The second kappa shape index (κ2) is 11.1. The van der Waals surface area contributed by atoms with Crippen LogP contribution in [0.15, 0.2) is 0 Å². The van der Waals surface area contributed by atoms with Crippen LogP contribution in [0.25, 0.3) is 0 Å². The fourth-order valence-electron chi connectivity index (χ4n) is 1.08. The zero-order chi connectivity index (χ0) is 16.2. The predicted octanol–water partition coefficient (Wildman–Crippen LogP) is 2.52. The first-order chi connectivity index (χ1) is 9.07. The van der Waals surface area contributed by atoms with Gasteiger partial charge < -0.3 is 15.3 Å². The van der Waals surface area contributed by atoms with E-state index in [1.165, 1.54) is 0 Å². The van der Waals surface area contributed by atoms with Crippen LogP contribution in [0.2, 0.25) is 0 Å². The minimum Gasteiger partial charge on any atom is -0.481 e. The molecule has 0 aromatic rings. The summed E-state index contributed by atoms with van der Waals surface area (Å²) in [6, 6.07) is 0. The maximum Gasteiger partial charge on any atom is 0.490 e. The maximum atomic E-state index is 10.6. The Bertz CT molecular complexity index is 296. The largest absolute Gasteiger partial charge is 0.490 e. The van der Waals surface area contributed by atoms with Crippen LogP contribution < -0.4 is 0 Å². The summed E-state index contributed by atoms with van der Waals surface area (Å²) in [5, 5.41) is 23.7. The molecule has 118 valence electrons. The molecule has 0 saturated heterocycles. The van der Waals surface area contributed by atoms with Gasteiger partial charge in [0.25, 0.3) is 0 Å². The summed E-state index contributed by atoms with van der Waals surface area (Å²) in [5.74, 6) is -4.27. The molecule has 0 spiro atoms. The molecule has 0 aliphatic heterocycles. The Morgan fingerprint density at radius 3 is 1.15 bits per heavy atom. The molecule has 0 amide bonds. The van der Waals surface area contributed by atoms with Gasteiger partial charge in [-0.15, -0.1) is 0 Å². The lowest BCUT2D eigenvalue weighted by atomic mass is 10.1. The van der Waals surface area contributed by atoms with Gasteiger partial charge in [0, 0.05) is 12.8 Å². The maximum absolute atomic E-state index is 10.6. The van der Waals surface area contributed by atoms with Crippen LogP contribution in [0.1, 0.15) is 44.9 Å². The van der Waals surface area contributed by atoms with Crippen molar-refractivity contribution in [1.82, 2.24) is 0 Å². The van der Waals surface area contributed by atoms with Gasteiger partial charge in [-0.1, -0.05) is 19.3 Å². The van der Waals surface area contributed by atoms with Gasteiger partial charge in [-0.3, -0.25) is 9.59 Å². The van der Waals surface area contributed by atoms with E-state index < -0.39 is 24.1 Å². The van der Waals surface area contributed by atoms with Gasteiger partial charge in [-0.25, -0.2) is 4.79 Å². The number of carboxylic acids is 3. The van der Waals surface area contributed by atoms with Crippen molar-refractivity contribution in [3.63, 3.8) is 0 Å². The van der Waals surface area contributed by atoms with Crippen molar-refractivity contribution in [3.8, 4) is 0 Å². The van der Waals surface area contributed by atoms with Gasteiger partial charge >= 0.3 is 24.1 Å². The first kappa shape index (κ1) is 20.5. The van der Waals surface area contributed by atoms with Gasteiger partial charge in [0.1, 0.15) is 0 Å². The number of rotatable bonds is 8. The zero-order valence-electron chi connectivity index (χ0n) is 10.7. The third-order valence-electron chi connectivity index (χ3n) is 2.02. The number of hydrogen-bond acceptors (Lipinski definition) is 3. The fraction of sp³-hybridized carbons (Fsp3) is 0.727. The van der Waals surface area contributed by atoms with Crippen LogP contribution in [0.5, 0.6) is 0 Å². The lowest BCUT2D eigenvalue weighted by Gasteiger charge is -1.97. The second-order valence-corrected chi connectivity index (χ2v) is 3.86. The Labute approximate surface area is 113 Å². The lowest BCUT2D eigenvalue weighted by Crippen LogP contribution is -2.21. The molecular weight excluding hydrogens is 285 g/mol. The van der Waals surface area contributed by atoms with Crippen LogP contribution >= 0.6 is 0 Å². The molecule has 0 heterocycles. The van der Waals surface area contributed by atoms with Crippen molar-refractivity contribution >= 4 is 17.9 Å².